The van der Waals surface area contributed by atoms with Crippen LogP contribution in [0.25, 0.3) is 0 Å². The first-order valence-corrected chi connectivity index (χ1v) is 20.2. The fourth-order valence-electron chi connectivity index (χ4n) is 7.55. The number of hydrogen-bond donors (Lipinski definition) is 2. The first kappa shape index (κ1) is 39.9. The van der Waals surface area contributed by atoms with Crippen LogP contribution in [0.2, 0.25) is 0 Å². The Balaban J connectivity index is 1.43. The molecule has 55 heavy (non-hydrogen) atoms. The molecule has 1 aliphatic heterocycles. The van der Waals surface area contributed by atoms with E-state index in [0.29, 0.717) is 0 Å². The topological polar surface area (TPSA) is 148 Å². The van der Waals surface area contributed by atoms with Gasteiger partial charge in [0.1, 0.15) is 11.7 Å². The normalized spacial score (nSPS) is 17.9. The number of sulfonamides is 1. The molecule has 0 spiro atoms. The monoisotopic (exact) mass is 827 g/mol. The van der Waals surface area contributed by atoms with Gasteiger partial charge >= 0.3 is 5.97 Å². The van der Waals surface area contributed by atoms with Crippen molar-refractivity contribution in [3.05, 3.63) is 176 Å². The van der Waals surface area contributed by atoms with Crippen molar-refractivity contribution in [2.75, 3.05) is 26.3 Å². The number of aliphatic hydroxyl groups is 1. The van der Waals surface area contributed by atoms with Gasteiger partial charge in [0.2, 0.25) is 10.0 Å². The number of carbonyl (C=O) groups is 1. The molecule has 286 valence electrons. The number of benzene rings is 5. The van der Waals surface area contributed by atoms with E-state index in [2.05, 4.69) is 20.7 Å². The van der Waals surface area contributed by atoms with Crippen molar-refractivity contribution in [3.63, 3.8) is 0 Å². The minimum absolute atomic E-state index is 0.126. The van der Waals surface area contributed by atoms with Crippen molar-refractivity contribution in [3.8, 4) is 0 Å². The number of nitro benzene ring substituents is 1. The van der Waals surface area contributed by atoms with Crippen molar-refractivity contribution < 1.29 is 32.7 Å². The zero-order valence-electron chi connectivity index (χ0n) is 30.1. The van der Waals surface area contributed by atoms with Crippen LogP contribution < -0.4 is 4.72 Å². The van der Waals surface area contributed by atoms with Gasteiger partial charge in [-0.25, -0.2) is 13.1 Å². The summed E-state index contributed by atoms with van der Waals surface area (Å²) in [5.74, 6) is -0.824. The molecule has 2 N–H and O–H groups in total. The van der Waals surface area contributed by atoms with Gasteiger partial charge in [0.25, 0.3) is 5.69 Å². The van der Waals surface area contributed by atoms with E-state index in [4.69, 9.17) is 9.47 Å². The summed E-state index contributed by atoms with van der Waals surface area (Å²) in [6, 6.07) is 41.9. The zero-order chi connectivity index (χ0) is 39.0. The predicted octanol–water partition coefficient (Wildman–Crippen LogP) is 6.80. The Morgan fingerprint density at radius 2 is 1.38 bits per heavy atom. The number of aliphatic hydroxyl groups excluding tert-OH is 1. The fraction of sp³-hybridized carbons (Fsp3) is 0.262. The molecule has 1 saturated heterocycles. The van der Waals surface area contributed by atoms with E-state index in [9.17, 15) is 28.4 Å². The third-order valence-corrected chi connectivity index (χ3v) is 12.0. The van der Waals surface area contributed by atoms with Crippen LogP contribution in [0.5, 0.6) is 0 Å². The quantitative estimate of drug-likeness (QED) is 0.0447. The summed E-state index contributed by atoms with van der Waals surface area (Å²) in [7, 11) is -4.34. The largest absolute Gasteiger partial charge is 0.461 e. The maximum absolute atomic E-state index is 13.7. The Kier molecular flexibility index (Phi) is 12.9. The first-order chi connectivity index (χ1) is 26.5. The third-order valence-electron chi connectivity index (χ3n) is 9.98. The standard InChI is InChI=1S/C42H42BrN3O8S/c1-30(48)54-36(25-26-47)28-45-38(27-44-55(51,52)40-20-12-11-19-37(40)46(49)50)41(31-21-23-35(43)24-22-31)39(45)29-53-42(32-13-5-2-6-14-32,33-15-7-3-8-16-33)34-17-9-4-10-18-34/h2-24,36,38-39,41,44,47H,25-29H2,1H3/t36?,38-,39+,41+/m0/s1. The minimum atomic E-state index is -4.34. The highest BCUT2D eigenvalue weighted by Crippen LogP contribution is 2.46. The van der Waals surface area contributed by atoms with Crippen LogP contribution in [0.3, 0.4) is 0 Å². The molecule has 1 unspecified atom stereocenters. The van der Waals surface area contributed by atoms with Gasteiger partial charge in [-0.3, -0.25) is 19.8 Å². The second-order valence-corrected chi connectivity index (χ2v) is 16.0. The average Bonchev–Trinajstić information content (AvgIpc) is 3.19. The molecule has 13 heteroatoms. The Bertz CT molecular complexity index is 2060. The zero-order valence-corrected chi connectivity index (χ0v) is 32.5. The van der Waals surface area contributed by atoms with Crippen LogP contribution in [0, 0.1) is 10.1 Å². The van der Waals surface area contributed by atoms with E-state index in [0.717, 1.165) is 32.8 Å². The van der Waals surface area contributed by atoms with Crippen molar-refractivity contribution in [1.29, 1.82) is 0 Å². The van der Waals surface area contributed by atoms with E-state index in [1.807, 2.05) is 120 Å². The maximum Gasteiger partial charge on any atom is 0.302 e. The molecule has 1 heterocycles. The molecule has 0 bridgehead atoms. The summed E-state index contributed by atoms with van der Waals surface area (Å²) in [5, 5.41) is 21.7. The number of carbonyl (C=O) groups excluding carboxylic acids is 1. The molecule has 6 rings (SSSR count). The Morgan fingerprint density at radius 1 is 0.855 bits per heavy atom. The third kappa shape index (κ3) is 8.88. The highest BCUT2D eigenvalue weighted by Gasteiger charge is 2.51. The van der Waals surface area contributed by atoms with Crippen LogP contribution in [-0.2, 0) is 29.9 Å². The number of hydrogen-bond acceptors (Lipinski definition) is 9. The maximum atomic E-state index is 13.7. The van der Waals surface area contributed by atoms with E-state index < -0.39 is 49.2 Å². The van der Waals surface area contributed by atoms with E-state index in [1.54, 1.807) is 0 Å². The van der Waals surface area contributed by atoms with Gasteiger partial charge in [-0.05, 0) is 40.5 Å². The van der Waals surface area contributed by atoms with Gasteiger partial charge in [-0.2, -0.15) is 0 Å². The highest BCUT2D eigenvalue weighted by molar-refractivity contribution is 9.10. The van der Waals surface area contributed by atoms with Crippen LogP contribution in [0.15, 0.2) is 149 Å². The van der Waals surface area contributed by atoms with Crippen LogP contribution in [0.4, 0.5) is 5.69 Å². The van der Waals surface area contributed by atoms with Gasteiger partial charge < -0.3 is 14.6 Å². The summed E-state index contributed by atoms with van der Waals surface area (Å²) >= 11 is 3.53. The lowest BCUT2D eigenvalue weighted by Crippen LogP contribution is -2.68. The second-order valence-electron chi connectivity index (χ2n) is 13.3. The summed E-state index contributed by atoms with van der Waals surface area (Å²) < 4.78 is 43.9. The average molecular weight is 829 g/mol. The molecular formula is C42H42BrN3O8S. The van der Waals surface area contributed by atoms with Crippen LogP contribution in [0.1, 0.15) is 41.5 Å². The SMILES string of the molecule is CC(=O)OC(CCO)CN1[C@H](COC(c2ccccc2)(c2ccccc2)c2ccccc2)[C@H](c2ccc(Br)cc2)[C@@H]1CNS(=O)(=O)c1ccccc1[N+](=O)[O-]. The van der Waals surface area contributed by atoms with E-state index in [-0.39, 0.29) is 44.7 Å². The van der Waals surface area contributed by atoms with Gasteiger partial charge in [-0.15, -0.1) is 0 Å². The second kappa shape index (κ2) is 17.8. The first-order valence-electron chi connectivity index (χ1n) is 17.9. The van der Waals surface area contributed by atoms with E-state index in [1.165, 1.54) is 25.1 Å². The predicted molar refractivity (Wildman–Crippen MR) is 212 cm³/mol. The number of halogens is 1. The van der Waals surface area contributed by atoms with Crippen molar-refractivity contribution in [2.24, 2.45) is 0 Å². The summed E-state index contributed by atoms with van der Waals surface area (Å²) in [4.78, 5) is 24.9. The molecular weight excluding hydrogens is 786 g/mol. The fourth-order valence-corrected chi connectivity index (χ4v) is 9.03. The van der Waals surface area contributed by atoms with Gasteiger partial charge in [-0.1, -0.05) is 131 Å². The van der Waals surface area contributed by atoms with Gasteiger partial charge in [0.05, 0.1) is 11.5 Å². The minimum Gasteiger partial charge on any atom is -0.461 e. The van der Waals surface area contributed by atoms with Crippen molar-refractivity contribution in [1.82, 2.24) is 9.62 Å². The Hall–Kier alpha value is -4.76. The molecule has 0 aliphatic carbocycles. The molecule has 11 nitrogen and oxygen atoms in total. The number of likely N-dealkylation sites (tertiary alicyclic amines) is 1. The van der Waals surface area contributed by atoms with Crippen molar-refractivity contribution in [2.45, 2.75) is 47.9 Å². The number of nitrogens with zero attached hydrogens (tertiary/aromatic N) is 2. The van der Waals surface area contributed by atoms with Crippen molar-refractivity contribution >= 4 is 37.6 Å². The molecule has 5 aromatic carbocycles. The summed E-state index contributed by atoms with van der Waals surface area (Å²) in [6.07, 6.45) is -0.559. The molecule has 1 fully saturated rings. The van der Waals surface area contributed by atoms with Crippen LogP contribution in [-0.4, -0.2) is 73.8 Å². The van der Waals surface area contributed by atoms with E-state index >= 15 is 0 Å². The van der Waals surface area contributed by atoms with Gasteiger partial charge in [0, 0.05) is 61.6 Å². The Morgan fingerprint density at radius 3 is 1.89 bits per heavy atom. The molecule has 4 atom stereocenters. The molecule has 0 saturated carbocycles. The van der Waals surface area contributed by atoms with Crippen LogP contribution >= 0.6 is 15.9 Å². The number of para-hydroxylation sites is 1. The highest BCUT2D eigenvalue weighted by atomic mass is 79.9. The molecule has 0 aromatic heterocycles. The smallest absolute Gasteiger partial charge is 0.302 e. The molecule has 5 aromatic rings. The number of nitro groups is 1. The summed E-state index contributed by atoms with van der Waals surface area (Å²) in [6.45, 7) is 1.25. The number of ether oxygens (including phenoxy) is 2. The number of esters is 1. The number of nitrogens with one attached hydrogen (secondary N) is 1. The lowest BCUT2D eigenvalue weighted by molar-refractivity contribution is -0.387. The molecule has 0 radical (unpaired) electrons. The molecule has 1 aliphatic rings. The number of rotatable bonds is 17. The molecule has 0 amide bonds. The van der Waals surface area contributed by atoms with Gasteiger partial charge in [0.15, 0.2) is 4.90 Å². The summed E-state index contributed by atoms with van der Waals surface area (Å²) in [5.41, 5.74) is 2.05. The Labute approximate surface area is 329 Å². The lowest BCUT2D eigenvalue weighted by Gasteiger charge is -2.57. The lowest BCUT2D eigenvalue weighted by atomic mass is 9.74.